The molecule has 0 fully saturated rings. The van der Waals surface area contributed by atoms with Crippen molar-refractivity contribution in [2.24, 2.45) is 0 Å². The summed E-state index contributed by atoms with van der Waals surface area (Å²) >= 11 is 3.77. The number of aromatic nitrogens is 2. The van der Waals surface area contributed by atoms with Crippen molar-refractivity contribution in [3.05, 3.63) is 48.0 Å². The van der Waals surface area contributed by atoms with E-state index in [-0.39, 0.29) is 0 Å². The molecule has 2 heterocycles. The number of hydrogen-bond acceptors (Lipinski definition) is 4. The number of nitrogen functional groups attached to an aromatic ring is 1. The van der Waals surface area contributed by atoms with Crippen LogP contribution in [0, 0.1) is 0 Å². The van der Waals surface area contributed by atoms with Gasteiger partial charge in [-0.05, 0) is 36.2 Å². The van der Waals surface area contributed by atoms with E-state index in [0.29, 0.717) is 5.25 Å². The number of aromatic amines is 1. The van der Waals surface area contributed by atoms with E-state index in [1.807, 2.05) is 30.0 Å². The molecule has 21 heavy (non-hydrogen) atoms. The molecule has 1 atom stereocenters. The molecule has 3 aromatic rings. The van der Waals surface area contributed by atoms with E-state index in [1.165, 1.54) is 10.5 Å². The molecule has 0 radical (unpaired) electrons. The summed E-state index contributed by atoms with van der Waals surface area (Å²) in [7, 11) is 0. The van der Waals surface area contributed by atoms with E-state index in [1.54, 1.807) is 11.8 Å². The Hall–Kier alpha value is -1.59. The van der Waals surface area contributed by atoms with Crippen molar-refractivity contribution in [2.45, 2.75) is 21.7 Å². The lowest BCUT2D eigenvalue weighted by Gasteiger charge is -2.05. The second kappa shape index (κ2) is 5.31. The van der Waals surface area contributed by atoms with Gasteiger partial charge in [0.15, 0.2) is 5.16 Å². The molecule has 1 unspecified atom stereocenters. The van der Waals surface area contributed by atoms with E-state index in [0.717, 1.165) is 34.1 Å². The van der Waals surface area contributed by atoms with Gasteiger partial charge < -0.3 is 10.7 Å². The van der Waals surface area contributed by atoms with E-state index >= 15 is 0 Å². The molecule has 0 aliphatic carbocycles. The fraction of sp³-hybridized carbons (Fsp3) is 0.188. The topological polar surface area (TPSA) is 54.7 Å². The number of anilines is 1. The summed E-state index contributed by atoms with van der Waals surface area (Å²) in [6, 6.07) is 14.5. The number of nitrogens with one attached hydrogen (secondary N) is 1. The minimum Gasteiger partial charge on any atom is -0.399 e. The summed E-state index contributed by atoms with van der Waals surface area (Å²) in [5.41, 5.74) is 10.0. The van der Waals surface area contributed by atoms with Crippen molar-refractivity contribution >= 4 is 40.2 Å². The average molecular weight is 313 g/mol. The molecule has 0 bridgehead atoms. The number of fused-ring (bicyclic) bond motifs is 2. The lowest BCUT2D eigenvalue weighted by molar-refractivity contribution is 0.964. The molecule has 0 amide bonds. The van der Waals surface area contributed by atoms with Gasteiger partial charge in [0.05, 0.1) is 11.0 Å². The minimum absolute atomic E-state index is 0.630. The molecule has 1 aliphatic heterocycles. The molecule has 0 spiro atoms. The molecule has 1 aliphatic rings. The van der Waals surface area contributed by atoms with Gasteiger partial charge in [-0.25, -0.2) is 4.98 Å². The predicted molar refractivity (Wildman–Crippen MR) is 91.0 cm³/mol. The van der Waals surface area contributed by atoms with Crippen molar-refractivity contribution in [1.29, 1.82) is 0 Å². The predicted octanol–water partition coefficient (Wildman–Crippen LogP) is 3.95. The van der Waals surface area contributed by atoms with Crippen molar-refractivity contribution in [3.63, 3.8) is 0 Å². The fourth-order valence-corrected chi connectivity index (χ4v) is 4.96. The van der Waals surface area contributed by atoms with E-state index in [9.17, 15) is 0 Å². The minimum atomic E-state index is 0.630. The first-order valence-electron chi connectivity index (χ1n) is 6.90. The van der Waals surface area contributed by atoms with Crippen LogP contribution in [-0.4, -0.2) is 21.0 Å². The van der Waals surface area contributed by atoms with Gasteiger partial charge in [0.1, 0.15) is 0 Å². The standard InChI is InChI=1S/C16H15N3S2/c17-11-5-6-13-14(8-11)19-16(18-13)20-9-12-7-10-3-1-2-4-15(10)21-12/h1-6,8,12H,7,9,17H2,(H,18,19). The zero-order valence-corrected chi connectivity index (χ0v) is 13.0. The first-order valence-corrected chi connectivity index (χ1v) is 8.77. The summed E-state index contributed by atoms with van der Waals surface area (Å²) in [6.45, 7) is 0. The van der Waals surface area contributed by atoms with Crippen LogP contribution < -0.4 is 5.73 Å². The van der Waals surface area contributed by atoms with Crippen LogP contribution in [0.25, 0.3) is 11.0 Å². The second-order valence-corrected chi connectivity index (χ2v) is 7.53. The number of rotatable bonds is 3. The Kier molecular flexibility index (Phi) is 3.31. The summed E-state index contributed by atoms with van der Waals surface area (Å²) in [4.78, 5) is 9.38. The summed E-state index contributed by atoms with van der Waals surface area (Å²) in [5.74, 6) is 1.06. The van der Waals surface area contributed by atoms with Gasteiger partial charge in [-0.1, -0.05) is 30.0 Å². The molecule has 106 valence electrons. The number of nitrogens with zero attached hydrogens (tertiary/aromatic N) is 1. The SMILES string of the molecule is Nc1ccc2nc(SCC3Cc4ccccc4S3)[nH]c2c1. The molecule has 0 saturated carbocycles. The lowest BCUT2D eigenvalue weighted by atomic mass is 10.1. The van der Waals surface area contributed by atoms with Crippen molar-refractivity contribution in [3.8, 4) is 0 Å². The first-order chi connectivity index (χ1) is 10.3. The van der Waals surface area contributed by atoms with Crippen LogP contribution in [0.15, 0.2) is 52.5 Å². The third-order valence-electron chi connectivity index (χ3n) is 3.60. The van der Waals surface area contributed by atoms with Crippen LogP contribution in [0.3, 0.4) is 0 Å². The lowest BCUT2D eigenvalue weighted by Crippen LogP contribution is -2.04. The van der Waals surface area contributed by atoms with Gasteiger partial charge in [0, 0.05) is 21.6 Å². The normalized spacial score (nSPS) is 17.2. The van der Waals surface area contributed by atoms with Gasteiger partial charge in [-0.3, -0.25) is 0 Å². The van der Waals surface area contributed by atoms with Crippen LogP contribution in [0.2, 0.25) is 0 Å². The molecular formula is C16H15N3S2. The van der Waals surface area contributed by atoms with Crippen molar-refractivity contribution < 1.29 is 0 Å². The molecule has 1 aromatic heterocycles. The smallest absolute Gasteiger partial charge is 0.166 e. The molecule has 2 aromatic carbocycles. The fourth-order valence-electron chi connectivity index (χ4n) is 2.59. The Balaban J connectivity index is 1.45. The quantitative estimate of drug-likeness (QED) is 0.568. The third-order valence-corrected chi connectivity index (χ3v) is 6.17. The average Bonchev–Trinajstić information content (AvgIpc) is 3.07. The molecule has 3 N–H and O–H groups in total. The highest BCUT2D eigenvalue weighted by molar-refractivity contribution is 8.03. The summed E-state index contributed by atoms with van der Waals surface area (Å²) in [6.07, 6.45) is 1.15. The highest BCUT2D eigenvalue weighted by atomic mass is 32.2. The number of benzene rings is 2. The Morgan fingerprint density at radius 2 is 2.19 bits per heavy atom. The maximum absolute atomic E-state index is 5.80. The summed E-state index contributed by atoms with van der Waals surface area (Å²) in [5, 5.41) is 1.61. The van der Waals surface area contributed by atoms with Crippen LogP contribution >= 0.6 is 23.5 Å². The number of H-pyrrole nitrogens is 1. The summed E-state index contributed by atoms with van der Waals surface area (Å²) < 4.78 is 0. The number of imidazole rings is 1. The van der Waals surface area contributed by atoms with Gasteiger partial charge in [-0.2, -0.15) is 0 Å². The van der Waals surface area contributed by atoms with Crippen LogP contribution in [0.4, 0.5) is 5.69 Å². The zero-order chi connectivity index (χ0) is 14.2. The van der Waals surface area contributed by atoms with Crippen LogP contribution in [0.5, 0.6) is 0 Å². The van der Waals surface area contributed by atoms with E-state index in [2.05, 4.69) is 34.2 Å². The zero-order valence-electron chi connectivity index (χ0n) is 11.4. The highest BCUT2D eigenvalue weighted by Crippen LogP contribution is 2.39. The molecular weight excluding hydrogens is 298 g/mol. The third kappa shape index (κ3) is 2.63. The monoisotopic (exact) mass is 313 g/mol. The van der Waals surface area contributed by atoms with E-state index < -0.39 is 0 Å². The number of hydrogen-bond donors (Lipinski definition) is 2. The Morgan fingerprint density at radius 3 is 3.10 bits per heavy atom. The Morgan fingerprint density at radius 1 is 1.29 bits per heavy atom. The van der Waals surface area contributed by atoms with Crippen LogP contribution in [0.1, 0.15) is 5.56 Å². The maximum Gasteiger partial charge on any atom is 0.166 e. The molecule has 0 saturated heterocycles. The second-order valence-electron chi connectivity index (χ2n) is 5.18. The highest BCUT2D eigenvalue weighted by Gasteiger charge is 2.22. The van der Waals surface area contributed by atoms with Crippen molar-refractivity contribution in [1.82, 2.24) is 9.97 Å². The van der Waals surface area contributed by atoms with E-state index in [4.69, 9.17) is 5.73 Å². The van der Waals surface area contributed by atoms with Crippen LogP contribution in [-0.2, 0) is 6.42 Å². The molecule has 3 nitrogen and oxygen atoms in total. The van der Waals surface area contributed by atoms with Gasteiger partial charge in [0.25, 0.3) is 0 Å². The molecule has 4 rings (SSSR count). The first kappa shape index (κ1) is 13.1. The van der Waals surface area contributed by atoms with Gasteiger partial charge >= 0.3 is 0 Å². The molecule has 5 heteroatoms. The number of nitrogens with two attached hydrogens (primary N) is 1. The van der Waals surface area contributed by atoms with Gasteiger partial charge in [-0.15, -0.1) is 11.8 Å². The van der Waals surface area contributed by atoms with Crippen molar-refractivity contribution in [2.75, 3.05) is 11.5 Å². The Labute approximate surface area is 131 Å². The Bertz CT molecular complexity index is 772. The van der Waals surface area contributed by atoms with Gasteiger partial charge in [0.2, 0.25) is 0 Å². The largest absolute Gasteiger partial charge is 0.399 e. The maximum atomic E-state index is 5.80. The number of thioether (sulfide) groups is 2.